The summed E-state index contributed by atoms with van der Waals surface area (Å²) in [5.74, 6) is -2.17. The quantitative estimate of drug-likeness (QED) is 0.314. The molecule has 2 bridgehead atoms. The van der Waals surface area contributed by atoms with Crippen molar-refractivity contribution in [1.29, 1.82) is 0 Å². The van der Waals surface area contributed by atoms with E-state index in [2.05, 4.69) is 40.2 Å². The number of esters is 1. The van der Waals surface area contributed by atoms with Gasteiger partial charge in [0.05, 0.1) is 11.8 Å². The molecule has 3 aliphatic carbocycles. The highest BCUT2D eigenvalue weighted by Crippen LogP contribution is 2.60. The van der Waals surface area contributed by atoms with Crippen LogP contribution in [0.25, 0.3) is 0 Å². The first kappa shape index (κ1) is 19.4. The van der Waals surface area contributed by atoms with Gasteiger partial charge in [0.2, 0.25) is 11.8 Å². The van der Waals surface area contributed by atoms with Gasteiger partial charge in [-0.25, -0.2) is 4.79 Å². The van der Waals surface area contributed by atoms with Crippen LogP contribution in [0.15, 0.2) is 77.3 Å². The van der Waals surface area contributed by atoms with Crippen molar-refractivity contribution in [1.82, 2.24) is 4.90 Å². The molecule has 1 fully saturated rings. The predicted molar refractivity (Wildman–Crippen MR) is 120 cm³/mol. The second kappa shape index (κ2) is 7.14. The van der Waals surface area contributed by atoms with E-state index in [4.69, 9.17) is 4.74 Å². The molecule has 2 atom stereocenters. The lowest BCUT2D eigenvalue weighted by atomic mass is 9.55. The van der Waals surface area contributed by atoms with E-state index in [-0.39, 0.29) is 30.2 Å². The van der Waals surface area contributed by atoms with Crippen molar-refractivity contribution in [2.75, 3.05) is 6.54 Å². The summed E-state index contributed by atoms with van der Waals surface area (Å²) in [6.07, 6.45) is 0. The van der Waals surface area contributed by atoms with E-state index in [0.29, 0.717) is 5.75 Å². The molecule has 0 N–H and O–H groups in total. The lowest BCUT2D eigenvalue weighted by Gasteiger charge is -2.45. The lowest BCUT2D eigenvalue weighted by Crippen LogP contribution is -2.41. The SMILES string of the molecule is O=C(CN1C(=O)C2C3c4ccccc4C(c4ccccc43)C2C1=O)Oc1ccc(Br)cc1. The number of ether oxygens (including phenoxy) is 1. The van der Waals surface area contributed by atoms with Crippen LogP contribution in [0, 0.1) is 11.8 Å². The number of likely N-dealkylation sites (tertiary alicyclic amines) is 1. The molecule has 0 saturated carbocycles. The molecule has 6 heteroatoms. The first-order valence-corrected chi connectivity index (χ1v) is 11.3. The fourth-order valence-corrected chi connectivity index (χ4v) is 5.95. The summed E-state index contributed by atoms with van der Waals surface area (Å²) in [5, 5.41) is 0. The Bertz CT molecular complexity index is 1170. The van der Waals surface area contributed by atoms with Gasteiger partial charge < -0.3 is 4.74 Å². The Hall–Kier alpha value is -3.25. The lowest BCUT2D eigenvalue weighted by molar-refractivity contribution is -0.148. The molecule has 0 aromatic heterocycles. The molecule has 1 aliphatic heterocycles. The number of hydrogen-bond acceptors (Lipinski definition) is 4. The van der Waals surface area contributed by atoms with Gasteiger partial charge in [-0.2, -0.15) is 0 Å². The van der Waals surface area contributed by atoms with E-state index in [9.17, 15) is 14.4 Å². The zero-order valence-electron chi connectivity index (χ0n) is 16.9. The monoisotopic (exact) mass is 487 g/mol. The summed E-state index contributed by atoms with van der Waals surface area (Å²) >= 11 is 3.34. The predicted octanol–water partition coefficient (Wildman–Crippen LogP) is 4.25. The largest absolute Gasteiger partial charge is 0.425 e. The van der Waals surface area contributed by atoms with Gasteiger partial charge in [0.1, 0.15) is 12.3 Å². The van der Waals surface area contributed by atoms with E-state index in [1.807, 2.05) is 24.3 Å². The number of benzene rings is 3. The molecule has 0 spiro atoms. The van der Waals surface area contributed by atoms with Crippen molar-refractivity contribution in [3.8, 4) is 5.75 Å². The van der Waals surface area contributed by atoms with Gasteiger partial charge in [-0.05, 0) is 46.5 Å². The summed E-state index contributed by atoms with van der Waals surface area (Å²) in [6, 6.07) is 23.0. The number of carbonyl (C=O) groups excluding carboxylic acids is 3. The second-order valence-electron chi connectivity index (χ2n) is 8.46. The van der Waals surface area contributed by atoms with Crippen molar-refractivity contribution in [3.63, 3.8) is 0 Å². The van der Waals surface area contributed by atoms with Crippen molar-refractivity contribution >= 4 is 33.7 Å². The maximum absolute atomic E-state index is 13.5. The summed E-state index contributed by atoms with van der Waals surface area (Å²) in [7, 11) is 0. The van der Waals surface area contributed by atoms with Gasteiger partial charge in [0.25, 0.3) is 0 Å². The van der Waals surface area contributed by atoms with E-state index < -0.39 is 17.8 Å². The number of halogens is 1. The van der Waals surface area contributed by atoms with Crippen molar-refractivity contribution < 1.29 is 19.1 Å². The van der Waals surface area contributed by atoms with E-state index in [0.717, 1.165) is 31.6 Å². The van der Waals surface area contributed by atoms with Crippen molar-refractivity contribution in [2.24, 2.45) is 11.8 Å². The molecule has 1 saturated heterocycles. The zero-order valence-corrected chi connectivity index (χ0v) is 18.5. The molecule has 32 heavy (non-hydrogen) atoms. The van der Waals surface area contributed by atoms with Crippen LogP contribution in [0.4, 0.5) is 0 Å². The highest BCUT2D eigenvalue weighted by molar-refractivity contribution is 9.10. The van der Waals surface area contributed by atoms with Crippen LogP contribution in [0.2, 0.25) is 0 Å². The Morgan fingerprint density at radius 1 is 0.750 bits per heavy atom. The Kier molecular flexibility index (Phi) is 4.33. The Morgan fingerprint density at radius 2 is 1.19 bits per heavy atom. The van der Waals surface area contributed by atoms with Crippen LogP contribution in [0.5, 0.6) is 5.75 Å². The van der Waals surface area contributed by atoms with Crippen LogP contribution in [0.3, 0.4) is 0 Å². The van der Waals surface area contributed by atoms with Gasteiger partial charge in [-0.1, -0.05) is 64.5 Å². The minimum absolute atomic E-state index is 0.179. The molecule has 5 nitrogen and oxygen atoms in total. The van der Waals surface area contributed by atoms with Gasteiger partial charge in [-0.15, -0.1) is 0 Å². The van der Waals surface area contributed by atoms with Gasteiger partial charge in [0.15, 0.2) is 0 Å². The third-order valence-corrected chi connectivity index (χ3v) is 7.40. The van der Waals surface area contributed by atoms with Crippen molar-refractivity contribution in [3.05, 3.63) is 99.5 Å². The first-order chi connectivity index (χ1) is 15.5. The molecule has 1 heterocycles. The molecule has 3 aromatic carbocycles. The van der Waals surface area contributed by atoms with Crippen LogP contribution in [-0.4, -0.2) is 29.2 Å². The summed E-state index contributed by atoms with van der Waals surface area (Å²) in [6.45, 7) is -0.382. The number of rotatable bonds is 3. The number of carbonyl (C=O) groups is 3. The maximum atomic E-state index is 13.5. The highest BCUT2D eigenvalue weighted by Gasteiger charge is 2.61. The molecule has 2 unspecified atom stereocenters. The molecule has 158 valence electrons. The fraction of sp³-hybridized carbons (Fsp3) is 0.192. The number of amides is 2. The van der Waals surface area contributed by atoms with Gasteiger partial charge in [0, 0.05) is 16.3 Å². The topological polar surface area (TPSA) is 63.7 Å². The maximum Gasteiger partial charge on any atom is 0.331 e. The fourth-order valence-electron chi connectivity index (χ4n) is 5.69. The summed E-state index contributed by atoms with van der Waals surface area (Å²) < 4.78 is 6.23. The minimum atomic E-state index is -0.630. The minimum Gasteiger partial charge on any atom is -0.425 e. The Labute approximate surface area is 193 Å². The van der Waals surface area contributed by atoms with E-state index >= 15 is 0 Å². The number of nitrogens with zero attached hydrogens (tertiary/aromatic N) is 1. The van der Waals surface area contributed by atoms with Crippen LogP contribution < -0.4 is 4.74 Å². The molecule has 4 aliphatic rings. The van der Waals surface area contributed by atoms with Crippen LogP contribution >= 0.6 is 15.9 Å². The second-order valence-corrected chi connectivity index (χ2v) is 9.37. The standard InChI is InChI=1S/C26H18BrNO4/c27-14-9-11-15(12-10-14)32-20(29)13-28-25(30)23-21-16-5-1-2-6-17(16)22(24(23)26(28)31)19-8-4-3-7-18(19)21/h1-12,21-24H,13H2. The third kappa shape index (κ3) is 2.72. The summed E-state index contributed by atoms with van der Waals surface area (Å²) in [4.78, 5) is 40.7. The van der Waals surface area contributed by atoms with Gasteiger partial charge >= 0.3 is 5.97 Å². The van der Waals surface area contributed by atoms with Gasteiger partial charge in [-0.3, -0.25) is 14.5 Å². The molecule has 0 radical (unpaired) electrons. The molecular formula is C26H18BrNO4. The highest BCUT2D eigenvalue weighted by atomic mass is 79.9. The van der Waals surface area contributed by atoms with Crippen LogP contribution in [0.1, 0.15) is 34.1 Å². The number of hydrogen-bond donors (Lipinski definition) is 0. The molecule has 7 rings (SSSR count). The Balaban J connectivity index is 1.34. The van der Waals surface area contributed by atoms with Crippen molar-refractivity contribution in [2.45, 2.75) is 11.8 Å². The zero-order chi connectivity index (χ0) is 22.0. The van der Waals surface area contributed by atoms with Crippen LogP contribution in [-0.2, 0) is 14.4 Å². The average Bonchev–Trinajstić information content (AvgIpc) is 3.06. The van der Waals surface area contributed by atoms with E-state index in [1.54, 1.807) is 24.3 Å². The third-order valence-electron chi connectivity index (χ3n) is 6.87. The van der Waals surface area contributed by atoms with E-state index in [1.165, 1.54) is 0 Å². The molecule has 2 amide bonds. The average molecular weight is 488 g/mol. The number of imide groups is 1. The normalized spacial score (nSPS) is 24.7. The molecular weight excluding hydrogens is 470 g/mol. The summed E-state index contributed by atoms with van der Waals surface area (Å²) in [5.41, 5.74) is 4.44. The Morgan fingerprint density at radius 3 is 1.62 bits per heavy atom. The smallest absolute Gasteiger partial charge is 0.331 e. The molecule has 3 aromatic rings. The first-order valence-electron chi connectivity index (χ1n) is 10.5.